The molecule has 9 atom stereocenters. The fraction of sp³-hybridized carbons (Fsp3) is 0.875. The molecular weight excluding hydrogens is 943 g/mol. The number of amides is 1. The molecule has 1 fully saturated rings. The second-order valence-corrected chi connectivity index (χ2v) is 20.0. The lowest BCUT2D eigenvalue weighted by Crippen LogP contribution is -2.63. The first-order valence-electron chi connectivity index (χ1n) is 28.2. The molecular formula is C56H99NO16. The number of hydrogen-bond donors (Lipinski definition) is 2. The number of aliphatic hydroxyl groups is 1. The van der Waals surface area contributed by atoms with Crippen LogP contribution in [0.1, 0.15) is 248 Å². The molecule has 3 unspecified atom stereocenters. The lowest BCUT2D eigenvalue weighted by atomic mass is 9.97. The molecule has 0 aromatic carbocycles. The van der Waals surface area contributed by atoms with Crippen molar-refractivity contribution in [3.8, 4) is 0 Å². The van der Waals surface area contributed by atoms with Gasteiger partial charge in [0.1, 0.15) is 24.9 Å². The fourth-order valence-corrected chi connectivity index (χ4v) is 9.34. The van der Waals surface area contributed by atoms with E-state index in [4.69, 9.17) is 37.9 Å². The molecule has 1 amide bonds. The zero-order valence-corrected chi connectivity index (χ0v) is 46.4. The summed E-state index contributed by atoms with van der Waals surface area (Å²) < 4.78 is 45.4. The highest BCUT2D eigenvalue weighted by Crippen LogP contribution is 2.29. The predicted molar refractivity (Wildman–Crippen MR) is 277 cm³/mol. The van der Waals surface area contributed by atoms with Gasteiger partial charge in [-0.1, -0.05) is 181 Å². The summed E-state index contributed by atoms with van der Waals surface area (Å²) >= 11 is 0. The van der Waals surface area contributed by atoms with Gasteiger partial charge >= 0.3 is 35.8 Å². The second-order valence-electron chi connectivity index (χ2n) is 20.0. The first-order valence-corrected chi connectivity index (χ1v) is 28.2. The molecule has 73 heavy (non-hydrogen) atoms. The van der Waals surface area contributed by atoms with Crippen molar-refractivity contribution >= 4 is 41.7 Å². The fourth-order valence-electron chi connectivity index (χ4n) is 9.34. The molecule has 1 rings (SSSR count). The smallest absolute Gasteiger partial charge is 0.303 e. The van der Waals surface area contributed by atoms with Gasteiger partial charge in [0.2, 0.25) is 0 Å². The van der Waals surface area contributed by atoms with Crippen LogP contribution in [0.2, 0.25) is 0 Å². The van der Waals surface area contributed by atoms with Gasteiger partial charge in [0.05, 0.1) is 12.6 Å². The summed E-state index contributed by atoms with van der Waals surface area (Å²) in [6.07, 6.45) is 20.9. The van der Waals surface area contributed by atoms with E-state index in [2.05, 4.69) is 19.2 Å². The maximum absolute atomic E-state index is 14.3. The van der Waals surface area contributed by atoms with Crippen molar-refractivity contribution in [2.24, 2.45) is 0 Å². The van der Waals surface area contributed by atoms with Gasteiger partial charge in [0.15, 0.2) is 30.7 Å². The Morgan fingerprint density at radius 1 is 0.479 bits per heavy atom. The highest BCUT2D eigenvalue weighted by Gasteiger charge is 2.51. The Bertz CT molecular complexity index is 1530. The van der Waals surface area contributed by atoms with Crippen molar-refractivity contribution < 1.29 is 76.6 Å². The van der Waals surface area contributed by atoms with Crippen molar-refractivity contribution in [3.05, 3.63) is 0 Å². The molecule has 1 aliphatic heterocycles. The van der Waals surface area contributed by atoms with E-state index in [0.717, 1.165) is 72.1 Å². The van der Waals surface area contributed by atoms with Gasteiger partial charge < -0.3 is 48.3 Å². The van der Waals surface area contributed by atoms with Crippen LogP contribution in [0, 0.1) is 0 Å². The first-order chi connectivity index (χ1) is 35.0. The molecule has 0 aliphatic carbocycles. The van der Waals surface area contributed by atoms with E-state index in [1.807, 2.05) is 0 Å². The van der Waals surface area contributed by atoms with Crippen LogP contribution in [-0.4, -0.2) is 115 Å². The predicted octanol–water partition coefficient (Wildman–Crippen LogP) is 10.5. The Morgan fingerprint density at radius 3 is 1.27 bits per heavy atom. The monoisotopic (exact) mass is 1040 g/mol. The summed E-state index contributed by atoms with van der Waals surface area (Å²) in [4.78, 5) is 88.6. The van der Waals surface area contributed by atoms with Crippen LogP contribution >= 0.6 is 0 Å². The van der Waals surface area contributed by atoms with Gasteiger partial charge in [-0.2, -0.15) is 0 Å². The minimum Gasteiger partial charge on any atom is -0.463 e. The Kier molecular flexibility index (Phi) is 39.0. The topological polar surface area (TPSA) is 226 Å². The third-order valence-corrected chi connectivity index (χ3v) is 13.1. The van der Waals surface area contributed by atoms with Crippen molar-refractivity contribution in [3.63, 3.8) is 0 Å². The van der Waals surface area contributed by atoms with Gasteiger partial charge in [-0.3, -0.25) is 33.6 Å². The minimum atomic E-state index is -1.81. The third-order valence-electron chi connectivity index (χ3n) is 13.1. The van der Waals surface area contributed by atoms with Gasteiger partial charge in [0, 0.05) is 41.5 Å². The van der Waals surface area contributed by atoms with E-state index < -0.39 is 110 Å². The highest BCUT2D eigenvalue weighted by molar-refractivity contribution is 5.83. The number of ether oxygens (including phenoxy) is 8. The number of unbranched alkanes of at least 4 members (excludes halogenated alkanes) is 26. The Labute approximate surface area is 438 Å². The average Bonchev–Trinajstić information content (AvgIpc) is 3.32. The molecule has 2 N–H and O–H groups in total. The van der Waals surface area contributed by atoms with Crippen molar-refractivity contribution in [2.75, 3.05) is 13.2 Å². The molecule has 0 saturated carbocycles. The molecule has 0 radical (unpaired) electrons. The number of aliphatic hydroxyl groups excluding tert-OH is 1. The summed E-state index contributed by atoms with van der Waals surface area (Å²) in [5.41, 5.74) is 0. The van der Waals surface area contributed by atoms with Gasteiger partial charge in [-0.25, -0.2) is 0 Å². The molecule has 424 valence electrons. The average molecular weight is 1040 g/mol. The quantitative estimate of drug-likeness (QED) is 0.0329. The second kappa shape index (κ2) is 42.4. The highest BCUT2D eigenvalue weighted by atomic mass is 16.7. The van der Waals surface area contributed by atoms with Crippen LogP contribution in [0.4, 0.5) is 0 Å². The molecule has 17 nitrogen and oxygen atoms in total. The van der Waals surface area contributed by atoms with E-state index in [-0.39, 0.29) is 12.8 Å². The van der Waals surface area contributed by atoms with Crippen LogP contribution in [-0.2, 0) is 71.5 Å². The number of carbonyl (C=O) groups excluding carboxylic acids is 7. The van der Waals surface area contributed by atoms with E-state index >= 15 is 0 Å². The van der Waals surface area contributed by atoms with Crippen LogP contribution in [0.3, 0.4) is 0 Å². The van der Waals surface area contributed by atoms with E-state index in [0.29, 0.717) is 12.8 Å². The first kappa shape index (κ1) is 67.2. The van der Waals surface area contributed by atoms with Gasteiger partial charge in [-0.05, 0) is 25.7 Å². The Balaban J connectivity index is 3.29. The maximum Gasteiger partial charge on any atom is 0.303 e. The Hall–Kier alpha value is -3.83. The molecule has 1 aliphatic rings. The zero-order chi connectivity index (χ0) is 54.2. The standard InChI is InChI=1S/C56H99NO16/c1-9-11-13-15-17-19-21-23-24-25-26-28-30-32-34-36-38-49(69-43(5)60)55(65)57-47(39-67-56-51(64)54(72-46(8)63)53(71-45(7)62)50(73-56)40-66-41(3)58)52(70-44(6)61)48(68-42(4)59)37-35-33-31-29-27-22-20-18-16-14-12-10-2/h47-54,56,64H,9-40H2,1-8H3,(H,57,65)/t47-,48?,49?,50+,51+,52?,53-,54+,56-/m0/s1. The molecule has 17 heteroatoms. The number of carbonyl (C=O) groups is 7. The largest absolute Gasteiger partial charge is 0.463 e. The summed E-state index contributed by atoms with van der Waals surface area (Å²) in [5.74, 6) is -5.15. The van der Waals surface area contributed by atoms with E-state index in [1.54, 1.807) is 0 Å². The third kappa shape index (κ3) is 33.7. The molecule has 1 saturated heterocycles. The number of hydrogen-bond acceptors (Lipinski definition) is 16. The van der Waals surface area contributed by atoms with E-state index in [9.17, 15) is 38.7 Å². The minimum absolute atomic E-state index is 0.200. The van der Waals surface area contributed by atoms with E-state index in [1.165, 1.54) is 136 Å². The maximum atomic E-state index is 14.3. The van der Waals surface area contributed by atoms with Crippen molar-refractivity contribution in [1.29, 1.82) is 0 Å². The van der Waals surface area contributed by atoms with Crippen LogP contribution in [0.5, 0.6) is 0 Å². The number of esters is 6. The number of rotatable bonds is 44. The lowest BCUT2D eigenvalue weighted by molar-refractivity contribution is -0.307. The van der Waals surface area contributed by atoms with Crippen molar-refractivity contribution in [1.82, 2.24) is 5.32 Å². The lowest BCUT2D eigenvalue weighted by Gasteiger charge is -2.43. The summed E-state index contributed by atoms with van der Waals surface area (Å²) in [6.45, 7) is 10.3. The summed E-state index contributed by atoms with van der Waals surface area (Å²) in [6, 6.07) is -1.32. The summed E-state index contributed by atoms with van der Waals surface area (Å²) in [7, 11) is 0. The zero-order valence-electron chi connectivity index (χ0n) is 46.4. The van der Waals surface area contributed by atoms with Crippen molar-refractivity contribution in [2.45, 2.75) is 303 Å². The van der Waals surface area contributed by atoms with Crippen LogP contribution in [0.15, 0.2) is 0 Å². The molecule has 0 aromatic rings. The Morgan fingerprint density at radius 2 is 0.877 bits per heavy atom. The molecule has 1 heterocycles. The van der Waals surface area contributed by atoms with Gasteiger partial charge in [0.25, 0.3) is 5.91 Å². The molecule has 0 bridgehead atoms. The SMILES string of the molecule is CCCCCCCCCCCCCCCCCCC(OC(C)=O)C(=O)N[C@@H](CO[C@H]1O[C@H](COC(C)=O)[C@H](OC(C)=O)[C@H](OC(C)=O)[C@H]1O)C(OC(C)=O)C(CCCCCCCCCCCCCC)OC(C)=O. The van der Waals surface area contributed by atoms with Crippen LogP contribution < -0.4 is 5.32 Å². The molecule has 0 spiro atoms. The number of nitrogens with one attached hydrogen (secondary N) is 1. The molecule has 0 aromatic heterocycles. The summed E-state index contributed by atoms with van der Waals surface area (Å²) in [5, 5.41) is 14.4. The van der Waals surface area contributed by atoms with Gasteiger partial charge in [-0.15, -0.1) is 0 Å². The normalized spacial score (nSPS) is 19.2. The van der Waals surface area contributed by atoms with Crippen LogP contribution in [0.25, 0.3) is 0 Å².